The maximum Gasteiger partial charge on any atom is 0.294 e. The Kier molecular flexibility index (Phi) is 2.25. The third kappa shape index (κ3) is 1.86. The Hall–Kier alpha value is -1.39. The highest BCUT2D eigenvalue weighted by Gasteiger charge is 2.11. The van der Waals surface area contributed by atoms with Crippen LogP contribution in [0.1, 0.15) is 5.56 Å². The molecule has 0 radical (unpaired) electrons. The van der Waals surface area contributed by atoms with E-state index in [2.05, 4.69) is 0 Å². The fourth-order valence-corrected chi connectivity index (χ4v) is 2.22. The van der Waals surface area contributed by atoms with Crippen molar-refractivity contribution >= 4 is 20.9 Å². The standard InChI is InChI=1S/C11H10O3S/c1-8-6-10(15(12,13)14)7-9-4-2-3-5-11(8)9/h2-7H,1H3,(H,12,13,14). The topological polar surface area (TPSA) is 54.4 Å². The van der Waals surface area contributed by atoms with E-state index < -0.39 is 10.1 Å². The Morgan fingerprint density at radius 2 is 1.80 bits per heavy atom. The molecule has 2 aromatic carbocycles. The molecule has 0 aliphatic rings. The van der Waals surface area contributed by atoms with Gasteiger partial charge in [0.25, 0.3) is 10.1 Å². The molecular formula is C11H10O3S. The van der Waals surface area contributed by atoms with Crippen LogP contribution in [-0.4, -0.2) is 13.0 Å². The van der Waals surface area contributed by atoms with Crippen molar-refractivity contribution in [1.82, 2.24) is 0 Å². The first-order valence-electron chi connectivity index (χ1n) is 4.45. The first kappa shape index (κ1) is 10.1. The van der Waals surface area contributed by atoms with Gasteiger partial charge in [-0.25, -0.2) is 0 Å². The third-order valence-corrected chi connectivity index (χ3v) is 3.17. The summed E-state index contributed by atoms with van der Waals surface area (Å²) in [7, 11) is -4.12. The van der Waals surface area contributed by atoms with E-state index in [-0.39, 0.29) is 4.90 Å². The van der Waals surface area contributed by atoms with Gasteiger partial charge in [-0.15, -0.1) is 0 Å². The first-order valence-corrected chi connectivity index (χ1v) is 5.89. The van der Waals surface area contributed by atoms with E-state index in [1.807, 2.05) is 31.2 Å². The zero-order chi connectivity index (χ0) is 11.1. The van der Waals surface area contributed by atoms with Crippen LogP contribution >= 0.6 is 0 Å². The molecule has 0 bridgehead atoms. The Morgan fingerprint density at radius 3 is 2.47 bits per heavy atom. The minimum Gasteiger partial charge on any atom is -0.282 e. The molecule has 2 aromatic rings. The number of aryl methyl sites for hydroxylation is 1. The summed E-state index contributed by atoms with van der Waals surface area (Å²) in [6.07, 6.45) is 0. The molecule has 0 amide bonds. The molecule has 0 aromatic heterocycles. The van der Waals surface area contributed by atoms with Crippen molar-refractivity contribution in [2.24, 2.45) is 0 Å². The van der Waals surface area contributed by atoms with Crippen LogP contribution in [0, 0.1) is 6.92 Å². The summed E-state index contributed by atoms with van der Waals surface area (Å²) in [6, 6.07) is 10.4. The van der Waals surface area contributed by atoms with Gasteiger partial charge in [0.2, 0.25) is 0 Å². The molecule has 0 unspecified atom stereocenters. The van der Waals surface area contributed by atoms with Crippen LogP contribution in [0.3, 0.4) is 0 Å². The normalized spacial score (nSPS) is 11.9. The molecule has 0 atom stereocenters. The van der Waals surface area contributed by atoms with Crippen molar-refractivity contribution in [3.63, 3.8) is 0 Å². The van der Waals surface area contributed by atoms with Gasteiger partial charge >= 0.3 is 0 Å². The van der Waals surface area contributed by atoms with E-state index in [1.165, 1.54) is 12.1 Å². The van der Waals surface area contributed by atoms with Gasteiger partial charge in [-0.05, 0) is 35.4 Å². The third-order valence-electron chi connectivity index (χ3n) is 2.34. The predicted octanol–water partition coefficient (Wildman–Crippen LogP) is 2.39. The smallest absolute Gasteiger partial charge is 0.282 e. The van der Waals surface area contributed by atoms with E-state index >= 15 is 0 Å². The summed E-state index contributed by atoms with van der Waals surface area (Å²) in [5, 5.41) is 1.80. The monoisotopic (exact) mass is 222 g/mol. The zero-order valence-corrected chi connectivity index (χ0v) is 8.95. The van der Waals surface area contributed by atoms with Crippen LogP contribution in [0.25, 0.3) is 10.8 Å². The van der Waals surface area contributed by atoms with Crippen molar-refractivity contribution in [1.29, 1.82) is 0 Å². The van der Waals surface area contributed by atoms with Crippen LogP contribution in [0.5, 0.6) is 0 Å². The fraction of sp³-hybridized carbons (Fsp3) is 0.0909. The van der Waals surface area contributed by atoms with Crippen LogP contribution in [0.15, 0.2) is 41.3 Å². The van der Waals surface area contributed by atoms with Crippen LogP contribution < -0.4 is 0 Å². The summed E-state index contributed by atoms with van der Waals surface area (Å²) in [4.78, 5) is -0.0568. The van der Waals surface area contributed by atoms with E-state index in [9.17, 15) is 8.42 Å². The molecule has 0 aliphatic carbocycles. The summed E-state index contributed by atoms with van der Waals surface area (Å²) < 4.78 is 30.9. The molecule has 2 rings (SSSR count). The predicted molar refractivity (Wildman–Crippen MR) is 58.5 cm³/mol. The van der Waals surface area contributed by atoms with Gasteiger partial charge in [-0.1, -0.05) is 24.3 Å². The van der Waals surface area contributed by atoms with Crippen molar-refractivity contribution in [3.05, 3.63) is 42.0 Å². The van der Waals surface area contributed by atoms with Gasteiger partial charge in [0.05, 0.1) is 4.90 Å². The first-order chi connectivity index (χ1) is 6.98. The number of hydrogen-bond acceptors (Lipinski definition) is 2. The van der Waals surface area contributed by atoms with Crippen LogP contribution in [0.4, 0.5) is 0 Å². The molecule has 0 aliphatic heterocycles. The van der Waals surface area contributed by atoms with Crippen LogP contribution in [-0.2, 0) is 10.1 Å². The highest BCUT2D eigenvalue weighted by atomic mass is 32.2. The molecule has 0 saturated heterocycles. The lowest BCUT2D eigenvalue weighted by molar-refractivity contribution is 0.483. The SMILES string of the molecule is Cc1cc(S(=O)(=O)O)cc2ccccc12. The quantitative estimate of drug-likeness (QED) is 0.754. The molecule has 78 valence electrons. The lowest BCUT2D eigenvalue weighted by atomic mass is 10.1. The maximum absolute atomic E-state index is 11.0. The van der Waals surface area contributed by atoms with Gasteiger partial charge in [0, 0.05) is 0 Å². The van der Waals surface area contributed by atoms with E-state index in [0.717, 1.165) is 16.3 Å². The van der Waals surface area contributed by atoms with Gasteiger partial charge in [-0.3, -0.25) is 4.55 Å². The maximum atomic E-state index is 11.0. The second-order valence-corrected chi connectivity index (χ2v) is 4.86. The fourth-order valence-electron chi connectivity index (χ4n) is 1.62. The Bertz CT molecular complexity index is 615. The summed E-state index contributed by atoms with van der Waals surface area (Å²) >= 11 is 0. The average Bonchev–Trinajstić information content (AvgIpc) is 2.16. The minimum absolute atomic E-state index is 0.0568. The number of hydrogen-bond donors (Lipinski definition) is 1. The molecule has 3 nitrogen and oxygen atoms in total. The molecule has 0 heterocycles. The number of fused-ring (bicyclic) bond motifs is 1. The van der Waals surface area contributed by atoms with E-state index in [1.54, 1.807) is 0 Å². The molecule has 1 N–H and O–H groups in total. The Balaban J connectivity index is 2.85. The van der Waals surface area contributed by atoms with Crippen LogP contribution in [0.2, 0.25) is 0 Å². The number of benzene rings is 2. The van der Waals surface area contributed by atoms with E-state index in [4.69, 9.17) is 4.55 Å². The Labute approximate surface area is 88.1 Å². The lowest BCUT2D eigenvalue weighted by Crippen LogP contribution is -1.98. The molecule has 4 heteroatoms. The molecule has 0 spiro atoms. The number of rotatable bonds is 1. The molecule has 0 saturated carbocycles. The van der Waals surface area contributed by atoms with Crippen molar-refractivity contribution in [2.75, 3.05) is 0 Å². The summed E-state index contributed by atoms with van der Waals surface area (Å²) in [6.45, 7) is 1.82. The summed E-state index contributed by atoms with van der Waals surface area (Å²) in [5.41, 5.74) is 0.834. The van der Waals surface area contributed by atoms with Crippen molar-refractivity contribution < 1.29 is 13.0 Å². The summed E-state index contributed by atoms with van der Waals surface area (Å²) in [5.74, 6) is 0. The highest BCUT2D eigenvalue weighted by Crippen LogP contribution is 2.22. The molecule has 0 fully saturated rings. The van der Waals surface area contributed by atoms with Crippen molar-refractivity contribution in [2.45, 2.75) is 11.8 Å². The lowest BCUT2D eigenvalue weighted by Gasteiger charge is -2.04. The molecule has 15 heavy (non-hydrogen) atoms. The van der Waals surface area contributed by atoms with E-state index in [0.29, 0.717) is 0 Å². The van der Waals surface area contributed by atoms with Gasteiger partial charge in [0.1, 0.15) is 0 Å². The second-order valence-electron chi connectivity index (χ2n) is 3.44. The van der Waals surface area contributed by atoms with Gasteiger partial charge in [-0.2, -0.15) is 8.42 Å². The zero-order valence-electron chi connectivity index (χ0n) is 8.14. The molecular weight excluding hydrogens is 212 g/mol. The highest BCUT2D eigenvalue weighted by molar-refractivity contribution is 7.85. The second kappa shape index (κ2) is 3.32. The average molecular weight is 222 g/mol. The van der Waals surface area contributed by atoms with Gasteiger partial charge < -0.3 is 0 Å². The Morgan fingerprint density at radius 1 is 1.13 bits per heavy atom. The van der Waals surface area contributed by atoms with Gasteiger partial charge in [0.15, 0.2) is 0 Å². The largest absolute Gasteiger partial charge is 0.294 e. The minimum atomic E-state index is -4.12. The van der Waals surface area contributed by atoms with Crippen molar-refractivity contribution in [3.8, 4) is 0 Å².